The number of carbonyl (C=O) groups excluding carboxylic acids is 3. The Morgan fingerprint density at radius 1 is 1.27 bits per heavy atom. The van der Waals surface area contributed by atoms with E-state index in [1.807, 2.05) is 12.1 Å². The lowest BCUT2D eigenvalue weighted by Crippen LogP contribution is -2.47. The molecule has 1 aliphatic carbocycles. The van der Waals surface area contributed by atoms with Gasteiger partial charge in [-0.1, -0.05) is 30.9 Å². The van der Waals surface area contributed by atoms with E-state index in [9.17, 15) is 23.2 Å². The van der Waals surface area contributed by atoms with Crippen molar-refractivity contribution in [3.63, 3.8) is 0 Å². The summed E-state index contributed by atoms with van der Waals surface area (Å²) in [7, 11) is 1.37. The van der Waals surface area contributed by atoms with Gasteiger partial charge in [-0.2, -0.15) is 0 Å². The number of Topliss-reactive ketones (excluding diaryl/α,β-unsaturated/α-hetero) is 1. The van der Waals surface area contributed by atoms with Gasteiger partial charge in [0.05, 0.1) is 6.04 Å². The molecule has 0 aliphatic heterocycles. The van der Waals surface area contributed by atoms with E-state index in [1.165, 1.54) is 19.5 Å². The number of hydrogen-bond acceptors (Lipinski definition) is 5. The Kier molecular flexibility index (Phi) is 12.8. The molecule has 2 rings (SSSR count). The molecule has 8 heteroatoms. The average Bonchev–Trinajstić information content (AvgIpc) is 3.55. The fourth-order valence-corrected chi connectivity index (χ4v) is 2.47. The van der Waals surface area contributed by atoms with Gasteiger partial charge in [-0.3, -0.25) is 19.6 Å². The van der Waals surface area contributed by atoms with Crippen LogP contribution in [0.25, 0.3) is 0 Å². The van der Waals surface area contributed by atoms with Crippen LogP contribution in [-0.2, 0) is 9.59 Å². The highest BCUT2D eigenvalue weighted by atomic mass is 19.3. The van der Waals surface area contributed by atoms with Crippen molar-refractivity contribution in [3.8, 4) is 11.8 Å². The molecule has 1 aromatic rings. The zero-order valence-corrected chi connectivity index (χ0v) is 17.3. The lowest BCUT2D eigenvalue weighted by molar-refractivity contribution is -0.134. The van der Waals surface area contributed by atoms with Gasteiger partial charge in [-0.05, 0) is 32.5 Å². The minimum absolute atomic E-state index is 0.154. The van der Waals surface area contributed by atoms with E-state index in [4.69, 9.17) is 5.21 Å². The van der Waals surface area contributed by atoms with Crippen LogP contribution in [0, 0.1) is 29.6 Å². The van der Waals surface area contributed by atoms with Crippen LogP contribution in [0.1, 0.15) is 36.2 Å². The molecule has 1 aliphatic rings. The summed E-state index contributed by atoms with van der Waals surface area (Å²) in [5, 5.41) is 10.6. The topological polar surface area (TPSA) is 95.5 Å². The Morgan fingerprint density at radius 3 is 2.20 bits per heavy atom. The van der Waals surface area contributed by atoms with Gasteiger partial charge in [-0.15, -0.1) is 13.2 Å². The molecule has 30 heavy (non-hydrogen) atoms. The second-order valence-electron chi connectivity index (χ2n) is 6.50. The first kappa shape index (κ1) is 27.1. The molecule has 0 radical (unpaired) electrons. The van der Waals surface area contributed by atoms with Gasteiger partial charge < -0.3 is 5.32 Å². The highest BCUT2D eigenvalue weighted by Gasteiger charge is 2.39. The molecule has 3 N–H and O–H groups in total. The van der Waals surface area contributed by atoms with Gasteiger partial charge in [0.15, 0.2) is 0 Å². The number of hydrogen-bond donors (Lipinski definition) is 3. The second kappa shape index (κ2) is 14.1. The van der Waals surface area contributed by atoms with Crippen LogP contribution in [0.4, 0.5) is 8.78 Å². The molecular weight excluding hydrogens is 394 g/mol. The normalized spacial score (nSPS) is 18.1. The van der Waals surface area contributed by atoms with Crippen molar-refractivity contribution in [2.45, 2.75) is 32.7 Å². The molecule has 1 aromatic carbocycles. The summed E-state index contributed by atoms with van der Waals surface area (Å²) in [6, 6.07) is 6.05. The number of rotatable bonds is 6. The third kappa shape index (κ3) is 9.07. The van der Waals surface area contributed by atoms with E-state index in [2.05, 4.69) is 30.3 Å². The van der Waals surface area contributed by atoms with E-state index >= 15 is 0 Å². The standard InChI is InChI=1S/C14H12O2.C6H12F2N2O2.C2H4/c1-10(16)14-8-13(14)7-6-11-2-4-12(9-15)5-3-11;1-3(5(7)8)4(9-2)6(11)10-12;1-2/h2-5,9,13-14H,8H2,1H3;3-5,9,12H,1-2H3,(H,10,11);1-2H2. The second-order valence-corrected chi connectivity index (χ2v) is 6.50. The smallest absolute Gasteiger partial charge is 0.260 e. The van der Waals surface area contributed by atoms with E-state index in [0.717, 1.165) is 18.3 Å². The predicted octanol–water partition coefficient (Wildman–Crippen LogP) is 2.86. The Morgan fingerprint density at radius 2 is 1.83 bits per heavy atom. The van der Waals surface area contributed by atoms with Gasteiger partial charge in [0.25, 0.3) is 5.91 Å². The van der Waals surface area contributed by atoms with Crippen molar-refractivity contribution in [3.05, 3.63) is 48.6 Å². The quantitative estimate of drug-likeness (QED) is 0.215. The summed E-state index contributed by atoms with van der Waals surface area (Å²) in [4.78, 5) is 32.2. The highest BCUT2D eigenvalue weighted by Crippen LogP contribution is 2.38. The number of benzene rings is 1. The number of hydroxylamine groups is 1. The van der Waals surface area contributed by atoms with Crippen LogP contribution < -0.4 is 10.8 Å². The van der Waals surface area contributed by atoms with Crippen LogP contribution in [-0.4, -0.2) is 42.7 Å². The van der Waals surface area contributed by atoms with Crippen molar-refractivity contribution in [1.82, 2.24) is 10.8 Å². The molecule has 1 fully saturated rings. The molecule has 6 nitrogen and oxygen atoms in total. The summed E-state index contributed by atoms with van der Waals surface area (Å²) < 4.78 is 24.1. The third-order valence-corrected chi connectivity index (χ3v) is 4.39. The van der Waals surface area contributed by atoms with Crippen molar-refractivity contribution in [2.24, 2.45) is 17.8 Å². The van der Waals surface area contributed by atoms with Crippen LogP contribution in [0.15, 0.2) is 37.4 Å². The Labute approximate surface area is 175 Å². The van der Waals surface area contributed by atoms with Gasteiger partial charge in [-0.25, -0.2) is 14.3 Å². The molecule has 164 valence electrons. The molecule has 1 saturated carbocycles. The minimum atomic E-state index is -2.60. The number of aldehydes is 1. The number of halogens is 2. The first-order valence-electron chi connectivity index (χ1n) is 9.21. The number of ketones is 1. The summed E-state index contributed by atoms with van der Waals surface area (Å²) >= 11 is 0. The van der Waals surface area contributed by atoms with Crippen LogP contribution >= 0.6 is 0 Å². The first-order chi connectivity index (χ1) is 14.2. The molecule has 0 aromatic heterocycles. The van der Waals surface area contributed by atoms with Crippen LogP contribution in [0.2, 0.25) is 0 Å². The number of alkyl halides is 2. The molecule has 4 unspecified atom stereocenters. The minimum Gasteiger partial charge on any atom is -0.308 e. The summed E-state index contributed by atoms with van der Waals surface area (Å²) in [6.45, 7) is 8.84. The third-order valence-electron chi connectivity index (χ3n) is 4.39. The van der Waals surface area contributed by atoms with Gasteiger partial charge >= 0.3 is 0 Å². The number of carbonyl (C=O) groups is 3. The van der Waals surface area contributed by atoms with Crippen molar-refractivity contribution in [2.75, 3.05) is 7.05 Å². The van der Waals surface area contributed by atoms with E-state index in [0.29, 0.717) is 5.56 Å². The molecule has 1 amide bonds. The Hall–Kier alpha value is -2.89. The molecule has 0 bridgehead atoms. The molecule has 0 spiro atoms. The van der Waals surface area contributed by atoms with Crippen LogP contribution in [0.3, 0.4) is 0 Å². The average molecular weight is 422 g/mol. The van der Waals surface area contributed by atoms with Gasteiger partial charge in [0.2, 0.25) is 6.43 Å². The molecule has 0 heterocycles. The molecule has 4 atom stereocenters. The summed E-state index contributed by atoms with van der Waals surface area (Å²) in [5.41, 5.74) is 2.86. The predicted molar refractivity (Wildman–Crippen MR) is 110 cm³/mol. The Bertz CT molecular complexity index is 757. The fraction of sp³-hybridized carbons (Fsp3) is 0.409. The van der Waals surface area contributed by atoms with Crippen molar-refractivity contribution in [1.29, 1.82) is 0 Å². The zero-order valence-electron chi connectivity index (χ0n) is 17.3. The maximum absolute atomic E-state index is 12.1. The first-order valence-corrected chi connectivity index (χ1v) is 9.21. The maximum atomic E-state index is 12.1. The summed E-state index contributed by atoms with van der Waals surface area (Å²) in [5.74, 6) is 4.74. The number of nitrogens with one attached hydrogen (secondary N) is 2. The van der Waals surface area contributed by atoms with Crippen LogP contribution in [0.5, 0.6) is 0 Å². The maximum Gasteiger partial charge on any atom is 0.260 e. The number of likely N-dealkylation sites (N-methyl/N-ethyl adjacent to an activating group) is 1. The lowest BCUT2D eigenvalue weighted by atomic mass is 10.0. The van der Waals surface area contributed by atoms with E-state index in [1.54, 1.807) is 19.1 Å². The summed E-state index contributed by atoms with van der Waals surface area (Å²) in [6.07, 6.45) is -0.890. The highest BCUT2D eigenvalue weighted by molar-refractivity contribution is 5.82. The largest absolute Gasteiger partial charge is 0.308 e. The fourth-order valence-electron chi connectivity index (χ4n) is 2.47. The molecule has 0 saturated heterocycles. The van der Waals surface area contributed by atoms with Crippen molar-refractivity contribution >= 4 is 18.0 Å². The Balaban J connectivity index is 0.000000540. The lowest BCUT2D eigenvalue weighted by Gasteiger charge is -2.20. The SMILES string of the molecule is C=C.CC(=O)C1CC1C#Cc1ccc(C=O)cc1.CNC(C(=O)NO)C(C)C(F)F. The monoisotopic (exact) mass is 422 g/mol. The van der Waals surface area contributed by atoms with E-state index < -0.39 is 24.3 Å². The molecular formula is C22H28F2N2O4. The van der Waals surface area contributed by atoms with Crippen molar-refractivity contribution < 1.29 is 28.4 Å². The van der Waals surface area contributed by atoms with Gasteiger partial charge in [0.1, 0.15) is 12.1 Å². The van der Waals surface area contributed by atoms with E-state index in [-0.39, 0.29) is 17.6 Å². The van der Waals surface area contributed by atoms with Gasteiger partial charge in [0, 0.05) is 28.9 Å². The zero-order chi connectivity index (χ0) is 23.3. The number of amides is 1.